The van der Waals surface area contributed by atoms with Gasteiger partial charge < -0.3 is 15.1 Å². The molecule has 0 radical (unpaired) electrons. The molecule has 1 aromatic carbocycles. The second kappa shape index (κ2) is 19.5. The minimum absolute atomic E-state index is 0.0425. The van der Waals surface area contributed by atoms with Crippen LogP contribution in [0.25, 0.3) is 10.9 Å². The van der Waals surface area contributed by atoms with Gasteiger partial charge in [-0.2, -0.15) is 0 Å². The van der Waals surface area contributed by atoms with E-state index in [0.717, 1.165) is 30.0 Å². The Labute approximate surface area is 262 Å². The SMILES string of the molecule is CC.CCCC(F)(F)CCC.CCc1cc2c(NC3CCN(C(C)C)CC3)nc(C)nc2cc1CCCCN1CCCC1. The number of aromatic nitrogens is 2. The van der Waals surface area contributed by atoms with Gasteiger partial charge in [-0.05, 0) is 115 Å². The van der Waals surface area contributed by atoms with Gasteiger partial charge >= 0.3 is 0 Å². The zero-order chi connectivity index (χ0) is 31.8. The van der Waals surface area contributed by atoms with Crippen molar-refractivity contribution in [3.63, 3.8) is 0 Å². The molecule has 0 bridgehead atoms. The Balaban J connectivity index is 0.000000505. The van der Waals surface area contributed by atoms with Gasteiger partial charge in [-0.3, -0.25) is 0 Å². The average Bonchev–Trinajstić information content (AvgIpc) is 3.50. The van der Waals surface area contributed by atoms with Crippen LogP contribution in [-0.4, -0.2) is 70.5 Å². The Morgan fingerprint density at radius 1 is 0.907 bits per heavy atom. The summed E-state index contributed by atoms with van der Waals surface area (Å²) < 4.78 is 24.8. The molecule has 0 atom stereocenters. The van der Waals surface area contributed by atoms with Gasteiger partial charge in [0.2, 0.25) is 5.92 Å². The molecular formula is C36H63F2N5. The van der Waals surface area contributed by atoms with Gasteiger partial charge in [-0.15, -0.1) is 0 Å². The first kappa shape index (κ1) is 37.3. The van der Waals surface area contributed by atoms with Crippen molar-refractivity contribution < 1.29 is 8.78 Å². The van der Waals surface area contributed by atoms with E-state index in [9.17, 15) is 8.78 Å². The fraction of sp³-hybridized carbons (Fsp3) is 0.778. The maximum atomic E-state index is 12.4. The highest BCUT2D eigenvalue weighted by Gasteiger charge is 2.25. The van der Waals surface area contributed by atoms with Gasteiger partial charge in [0.25, 0.3) is 0 Å². The van der Waals surface area contributed by atoms with Crippen molar-refractivity contribution in [3.8, 4) is 0 Å². The van der Waals surface area contributed by atoms with E-state index in [1.807, 2.05) is 20.8 Å². The molecule has 246 valence electrons. The molecule has 1 N–H and O–H groups in total. The van der Waals surface area contributed by atoms with Crippen molar-refractivity contribution in [2.75, 3.05) is 38.0 Å². The van der Waals surface area contributed by atoms with E-state index in [0.29, 0.717) is 24.9 Å². The highest BCUT2D eigenvalue weighted by atomic mass is 19.3. The summed E-state index contributed by atoms with van der Waals surface area (Å²) in [6.07, 6.45) is 11.2. The number of unbranched alkanes of at least 4 members (excludes halogenated alkanes) is 1. The largest absolute Gasteiger partial charge is 0.367 e. The summed E-state index contributed by atoms with van der Waals surface area (Å²) in [7, 11) is 0. The molecule has 2 aliphatic rings. The van der Waals surface area contributed by atoms with Gasteiger partial charge in [0, 0.05) is 43.4 Å². The van der Waals surface area contributed by atoms with E-state index < -0.39 is 5.92 Å². The van der Waals surface area contributed by atoms with E-state index in [4.69, 9.17) is 9.97 Å². The van der Waals surface area contributed by atoms with Crippen molar-refractivity contribution in [1.82, 2.24) is 19.8 Å². The standard InChI is InChI=1S/C27H43N5.C7H14F2.C2H6/c1-5-22-18-25-26(19-23(22)10-6-7-13-31-14-8-9-15-31)28-21(4)29-27(25)30-24-11-16-32(17-12-24)20(2)3;1-3-5-7(8,9)6-4-2;1-2/h18-20,24H,5-17H2,1-4H3,(H,28,29,30);3-6H2,1-2H3;1-2H3. The maximum Gasteiger partial charge on any atom is 0.248 e. The predicted octanol–water partition coefficient (Wildman–Crippen LogP) is 9.45. The zero-order valence-electron chi connectivity index (χ0n) is 28.9. The number of alkyl halides is 2. The molecule has 0 amide bonds. The normalized spacial score (nSPS) is 16.6. The second-order valence-electron chi connectivity index (χ2n) is 12.5. The van der Waals surface area contributed by atoms with Crippen LogP contribution in [0.15, 0.2) is 12.1 Å². The van der Waals surface area contributed by atoms with Crippen molar-refractivity contribution in [2.45, 2.75) is 150 Å². The number of nitrogens with one attached hydrogen (secondary N) is 1. The van der Waals surface area contributed by atoms with Crippen LogP contribution in [0.2, 0.25) is 0 Å². The van der Waals surface area contributed by atoms with Crippen molar-refractivity contribution in [2.24, 2.45) is 0 Å². The van der Waals surface area contributed by atoms with Crippen molar-refractivity contribution in [3.05, 3.63) is 29.1 Å². The lowest BCUT2D eigenvalue weighted by atomic mass is 9.97. The Morgan fingerprint density at radius 2 is 1.53 bits per heavy atom. The molecule has 0 aliphatic carbocycles. The second-order valence-corrected chi connectivity index (χ2v) is 12.5. The third kappa shape index (κ3) is 12.6. The minimum Gasteiger partial charge on any atom is -0.367 e. The number of likely N-dealkylation sites (tertiary alicyclic amines) is 2. The first-order chi connectivity index (χ1) is 20.7. The van der Waals surface area contributed by atoms with Crippen LogP contribution in [0.5, 0.6) is 0 Å². The molecule has 7 heteroatoms. The lowest BCUT2D eigenvalue weighted by Gasteiger charge is -2.35. The molecule has 1 aromatic heterocycles. The number of anilines is 1. The Kier molecular flexibility index (Phi) is 16.9. The number of benzene rings is 1. The number of rotatable bonds is 13. The quantitative estimate of drug-likeness (QED) is 0.231. The lowest BCUT2D eigenvalue weighted by molar-refractivity contribution is -0.0173. The number of nitrogens with zero attached hydrogens (tertiary/aromatic N) is 4. The minimum atomic E-state index is -2.40. The summed E-state index contributed by atoms with van der Waals surface area (Å²) >= 11 is 0. The summed E-state index contributed by atoms with van der Waals surface area (Å²) in [5.74, 6) is -0.502. The maximum absolute atomic E-state index is 12.4. The average molecular weight is 604 g/mol. The molecule has 0 saturated carbocycles. The Morgan fingerprint density at radius 3 is 2.09 bits per heavy atom. The molecule has 2 fully saturated rings. The van der Waals surface area contributed by atoms with E-state index >= 15 is 0 Å². The molecule has 0 spiro atoms. The third-order valence-electron chi connectivity index (χ3n) is 8.71. The third-order valence-corrected chi connectivity index (χ3v) is 8.71. The van der Waals surface area contributed by atoms with Crippen LogP contribution in [0.3, 0.4) is 0 Å². The molecule has 2 aromatic rings. The first-order valence-corrected chi connectivity index (χ1v) is 17.6. The fourth-order valence-corrected chi connectivity index (χ4v) is 6.32. The van der Waals surface area contributed by atoms with E-state index in [-0.39, 0.29) is 12.8 Å². The number of piperidine rings is 1. The summed E-state index contributed by atoms with van der Waals surface area (Å²) in [5.41, 5.74) is 4.05. The van der Waals surface area contributed by atoms with E-state index in [1.165, 1.54) is 87.8 Å². The Bertz CT molecular complexity index is 1040. The molecule has 3 heterocycles. The van der Waals surface area contributed by atoms with Gasteiger partial charge in [0.1, 0.15) is 11.6 Å². The van der Waals surface area contributed by atoms with Gasteiger partial charge in [-0.1, -0.05) is 47.5 Å². The number of hydrogen-bond acceptors (Lipinski definition) is 5. The molecule has 2 aliphatic heterocycles. The van der Waals surface area contributed by atoms with Crippen LogP contribution >= 0.6 is 0 Å². The smallest absolute Gasteiger partial charge is 0.248 e. The fourth-order valence-electron chi connectivity index (χ4n) is 6.32. The monoisotopic (exact) mass is 604 g/mol. The van der Waals surface area contributed by atoms with Gasteiger partial charge in [-0.25, -0.2) is 18.7 Å². The van der Waals surface area contributed by atoms with Crippen LogP contribution in [-0.2, 0) is 12.8 Å². The molecule has 43 heavy (non-hydrogen) atoms. The molecule has 5 nitrogen and oxygen atoms in total. The lowest BCUT2D eigenvalue weighted by Crippen LogP contribution is -2.42. The van der Waals surface area contributed by atoms with Crippen LogP contribution in [0.1, 0.15) is 130 Å². The highest BCUT2D eigenvalue weighted by Crippen LogP contribution is 2.28. The topological polar surface area (TPSA) is 44.3 Å². The van der Waals surface area contributed by atoms with Gasteiger partial charge in [0.15, 0.2) is 0 Å². The highest BCUT2D eigenvalue weighted by molar-refractivity contribution is 5.90. The van der Waals surface area contributed by atoms with Gasteiger partial charge in [0.05, 0.1) is 5.52 Å². The number of aryl methyl sites for hydroxylation is 3. The summed E-state index contributed by atoms with van der Waals surface area (Å²) in [6.45, 7) is 22.7. The Hall–Kier alpha value is -1.86. The number of fused-ring (bicyclic) bond motifs is 1. The van der Waals surface area contributed by atoms with E-state index in [1.54, 1.807) is 13.8 Å². The summed E-state index contributed by atoms with van der Waals surface area (Å²) in [4.78, 5) is 14.9. The van der Waals surface area contributed by atoms with Crippen molar-refractivity contribution in [1.29, 1.82) is 0 Å². The van der Waals surface area contributed by atoms with Crippen LogP contribution in [0.4, 0.5) is 14.6 Å². The summed E-state index contributed by atoms with van der Waals surface area (Å²) in [6, 6.07) is 5.86. The van der Waals surface area contributed by atoms with E-state index in [2.05, 4.69) is 48.0 Å². The van der Waals surface area contributed by atoms with Crippen LogP contribution < -0.4 is 5.32 Å². The zero-order valence-corrected chi connectivity index (χ0v) is 28.9. The first-order valence-electron chi connectivity index (χ1n) is 17.6. The van der Waals surface area contributed by atoms with Crippen molar-refractivity contribution >= 4 is 16.7 Å². The molecular weight excluding hydrogens is 540 g/mol. The molecule has 2 saturated heterocycles. The van der Waals surface area contributed by atoms with Crippen LogP contribution in [0, 0.1) is 6.92 Å². The number of hydrogen-bond donors (Lipinski definition) is 1. The summed E-state index contributed by atoms with van der Waals surface area (Å²) in [5, 5.41) is 4.99. The molecule has 4 rings (SSSR count). The predicted molar refractivity (Wildman–Crippen MR) is 182 cm³/mol. The number of halogens is 2. The molecule has 0 unspecified atom stereocenters.